The maximum Gasteiger partial charge on any atom is 0.306 e. The van der Waals surface area contributed by atoms with Crippen LogP contribution in [0.1, 0.15) is 17.7 Å². The molecule has 0 spiro atoms. The summed E-state index contributed by atoms with van der Waals surface area (Å²) < 4.78 is 0. The SMILES string of the molecule is Nc1nc2c(c(=O)[nH]1)CCC(C(=O)O)C2. The van der Waals surface area contributed by atoms with Gasteiger partial charge < -0.3 is 10.8 Å². The summed E-state index contributed by atoms with van der Waals surface area (Å²) >= 11 is 0. The number of carboxylic acids is 1. The molecule has 1 unspecified atom stereocenters. The van der Waals surface area contributed by atoms with Crippen molar-refractivity contribution < 1.29 is 9.90 Å². The number of nitrogens with zero attached hydrogens (tertiary/aromatic N) is 1. The van der Waals surface area contributed by atoms with Crippen LogP contribution in [-0.2, 0) is 17.6 Å². The molecule has 0 aliphatic heterocycles. The first-order chi connectivity index (χ1) is 7.08. The molecule has 1 heterocycles. The van der Waals surface area contributed by atoms with E-state index in [2.05, 4.69) is 9.97 Å². The summed E-state index contributed by atoms with van der Waals surface area (Å²) in [6.45, 7) is 0. The van der Waals surface area contributed by atoms with E-state index >= 15 is 0 Å². The van der Waals surface area contributed by atoms with Crippen molar-refractivity contribution in [2.75, 3.05) is 5.73 Å². The van der Waals surface area contributed by atoms with Gasteiger partial charge in [0.25, 0.3) is 5.56 Å². The number of nitrogen functional groups attached to an aromatic ring is 1. The molecule has 0 aromatic carbocycles. The number of H-pyrrole nitrogens is 1. The summed E-state index contributed by atoms with van der Waals surface area (Å²) in [5.41, 5.74) is 6.24. The molecule has 0 saturated carbocycles. The molecule has 1 aromatic heterocycles. The Labute approximate surface area is 85.1 Å². The Kier molecular flexibility index (Phi) is 2.18. The second-order valence-electron chi connectivity index (χ2n) is 3.65. The molecule has 2 rings (SSSR count). The van der Waals surface area contributed by atoms with Crippen LogP contribution in [0.15, 0.2) is 4.79 Å². The van der Waals surface area contributed by atoms with E-state index in [9.17, 15) is 9.59 Å². The number of hydrogen-bond donors (Lipinski definition) is 3. The Morgan fingerprint density at radius 1 is 1.60 bits per heavy atom. The predicted molar refractivity (Wildman–Crippen MR) is 52.4 cm³/mol. The molecule has 6 nitrogen and oxygen atoms in total. The van der Waals surface area contributed by atoms with E-state index < -0.39 is 11.9 Å². The Balaban J connectivity index is 2.41. The van der Waals surface area contributed by atoms with Crippen molar-refractivity contribution in [2.45, 2.75) is 19.3 Å². The fourth-order valence-electron chi connectivity index (χ4n) is 1.86. The van der Waals surface area contributed by atoms with Crippen molar-refractivity contribution in [1.82, 2.24) is 9.97 Å². The average molecular weight is 209 g/mol. The molecule has 1 atom stereocenters. The van der Waals surface area contributed by atoms with Crippen LogP contribution in [0.3, 0.4) is 0 Å². The third kappa shape index (κ3) is 1.70. The van der Waals surface area contributed by atoms with E-state index in [-0.39, 0.29) is 11.5 Å². The van der Waals surface area contributed by atoms with Crippen molar-refractivity contribution in [3.8, 4) is 0 Å². The van der Waals surface area contributed by atoms with Gasteiger partial charge in [-0.05, 0) is 12.8 Å². The average Bonchev–Trinajstić information content (AvgIpc) is 2.16. The van der Waals surface area contributed by atoms with Gasteiger partial charge in [0.15, 0.2) is 0 Å². The standard InChI is InChI=1S/C9H11N3O3/c10-9-11-6-3-4(8(14)15)1-2-5(6)7(13)12-9/h4H,1-3H2,(H,14,15)(H3,10,11,12,13). The monoisotopic (exact) mass is 209 g/mol. The van der Waals surface area contributed by atoms with Gasteiger partial charge in [-0.25, -0.2) is 4.98 Å². The number of rotatable bonds is 1. The fraction of sp³-hybridized carbons (Fsp3) is 0.444. The van der Waals surface area contributed by atoms with Crippen LogP contribution >= 0.6 is 0 Å². The van der Waals surface area contributed by atoms with Crippen molar-refractivity contribution in [2.24, 2.45) is 5.92 Å². The van der Waals surface area contributed by atoms with E-state index in [1.165, 1.54) is 0 Å². The second kappa shape index (κ2) is 3.38. The van der Waals surface area contributed by atoms with Gasteiger partial charge in [-0.1, -0.05) is 0 Å². The fourth-order valence-corrected chi connectivity index (χ4v) is 1.86. The molecule has 0 fully saturated rings. The van der Waals surface area contributed by atoms with Crippen LogP contribution < -0.4 is 11.3 Å². The van der Waals surface area contributed by atoms with Gasteiger partial charge in [0.2, 0.25) is 5.95 Å². The largest absolute Gasteiger partial charge is 0.481 e. The molecular formula is C9H11N3O3. The van der Waals surface area contributed by atoms with Crippen LogP contribution in [-0.4, -0.2) is 21.0 Å². The van der Waals surface area contributed by atoms with Gasteiger partial charge in [0, 0.05) is 12.0 Å². The molecule has 80 valence electrons. The first kappa shape index (κ1) is 9.70. The molecule has 6 heteroatoms. The zero-order valence-electron chi connectivity index (χ0n) is 7.99. The molecule has 15 heavy (non-hydrogen) atoms. The minimum atomic E-state index is -0.846. The van der Waals surface area contributed by atoms with E-state index in [1.54, 1.807) is 0 Å². The lowest BCUT2D eigenvalue weighted by Crippen LogP contribution is -2.29. The smallest absolute Gasteiger partial charge is 0.306 e. The first-order valence-electron chi connectivity index (χ1n) is 4.68. The number of aromatic nitrogens is 2. The predicted octanol–water partition coefficient (Wildman–Crippen LogP) is -0.458. The van der Waals surface area contributed by atoms with E-state index in [4.69, 9.17) is 10.8 Å². The Morgan fingerprint density at radius 2 is 2.33 bits per heavy atom. The van der Waals surface area contributed by atoms with Crippen LogP contribution in [0.5, 0.6) is 0 Å². The number of carboxylic acid groups (broad SMARTS) is 1. The van der Waals surface area contributed by atoms with E-state index in [1.807, 2.05) is 0 Å². The Morgan fingerprint density at radius 3 is 3.00 bits per heavy atom. The first-order valence-corrected chi connectivity index (χ1v) is 4.68. The molecule has 0 bridgehead atoms. The normalized spacial score (nSPS) is 19.6. The number of hydrogen-bond acceptors (Lipinski definition) is 4. The lowest BCUT2D eigenvalue weighted by Gasteiger charge is -2.19. The summed E-state index contributed by atoms with van der Waals surface area (Å²) in [6, 6.07) is 0. The van der Waals surface area contributed by atoms with E-state index in [0.717, 1.165) is 0 Å². The minimum absolute atomic E-state index is 0.0461. The van der Waals surface area contributed by atoms with Gasteiger partial charge in [-0.3, -0.25) is 14.6 Å². The molecule has 1 aliphatic rings. The summed E-state index contributed by atoms with van der Waals surface area (Å²) in [5.74, 6) is -1.25. The van der Waals surface area contributed by atoms with Gasteiger partial charge in [0.05, 0.1) is 11.6 Å². The lowest BCUT2D eigenvalue weighted by molar-refractivity contribution is -0.142. The molecule has 0 amide bonds. The maximum absolute atomic E-state index is 11.4. The molecule has 1 aromatic rings. The Bertz CT molecular complexity index is 466. The third-order valence-corrected chi connectivity index (χ3v) is 2.65. The minimum Gasteiger partial charge on any atom is -0.481 e. The zero-order chi connectivity index (χ0) is 11.0. The van der Waals surface area contributed by atoms with Gasteiger partial charge >= 0.3 is 5.97 Å². The number of aliphatic carboxylic acids is 1. The number of nitrogens with one attached hydrogen (secondary N) is 1. The number of carbonyl (C=O) groups is 1. The summed E-state index contributed by atoms with van der Waals surface area (Å²) in [7, 11) is 0. The van der Waals surface area contributed by atoms with Gasteiger partial charge in [-0.2, -0.15) is 0 Å². The van der Waals surface area contributed by atoms with Crippen LogP contribution in [0.4, 0.5) is 5.95 Å². The van der Waals surface area contributed by atoms with Crippen molar-refractivity contribution >= 4 is 11.9 Å². The molecule has 1 aliphatic carbocycles. The number of fused-ring (bicyclic) bond motifs is 1. The lowest BCUT2D eigenvalue weighted by atomic mass is 9.87. The second-order valence-corrected chi connectivity index (χ2v) is 3.65. The van der Waals surface area contributed by atoms with Crippen LogP contribution in [0.25, 0.3) is 0 Å². The highest BCUT2D eigenvalue weighted by molar-refractivity contribution is 5.70. The van der Waals surface area contributed by atoms with Gasteiger partial charge in [0.1, 0.15) is 0 Å². The molecule has 0 saturated heterocycles. The topological polar surface area (TPSA) is 109 Å². The Hall–Kier alpha value is -1.85. The van der Waals surface area contributed by atoms with Crippen molar-refractivity contribution in [1.29, 1.82) is 0 Å². The molecular weight excluding hydrogens is 198 g/mol. The van der Waals surface area contributed by atoms with E-state index in [0.29, 0.717) is 30.5 Å². The highest BCUT2D eigenvalue weighted by Gasteiger charge is 2.26. The molecule has 4 N–H and O–H groups in total. The molecule has 0 radical (unpaired) electrons. The number of aromatic amines is 1. The highest BCUT2D eigenvalue weighted by Crippen LogP contribution is 2.22. The quantitative estimate of drug-likeness (QED) is 0.580. The van der Waals surface area contributed by atoms with Crippen molar-refractivity contribution in [3.05, 3.63) is 21.6 Å². The summed E-state index contributed by atoms with van der Waals surface area (Å²) in [4.78, 5) is 28.6. The maximum atomic E-state index is 11.4. The summed E-state index contributed by atoms with van der Waals surface area (Å²) in [6.07, 6.45) is 1.23. The zero-order valence-corrected chi connectivity index (χ0v) is 7.99. The summed E-state index contributed by atoms with van der Waals surface area (Å²) in [5, 5.41) is 8.86. The van der Waals surface area contributed by atoms with Crippen molar-refractivity contribution in [3.63, 3.8) is 0 Å². The number of nitrogens with two attached hydrogens (primary N) is 1. The number of anilines is 1. The van der Waals surface area contributed by atoms with Crippen LogP contribution in [0.2, 0.25) is 0 Å². The van der Waals surface area contributed by atoms with Crippen LogP contribution in [0, 0.1) is 5.92 Å². The third-order valence-electron chi connectivity index (χ3n) is 2.65. The highest BCUT2D eigenvalue weighted by atomic mass is 16.4. The van der Waals surface area contributed by atoms with Gasteiger partial charge in [-0.15, -0.1) is 0 Å².